The van der Waals surface area contributed by atoms with Crippen LogP contribution >= 0.6 is 0 Å². The molecular formula is C13H23N3. The minimum atomic E-state index is 0.216. The molecule has 2 aliphatic heterocycles. The number of rotatable bonds is 1. The van der Waals surface area contributed by atoms with Gasteiger partial charge in [0.05, 0.1) is 11.4 Å². The van der Waals surface area contributed by atoms with Crippen molar-refractivity contribution in [1.82, 2.24) is 9.80 Å². The van der Waals surface area contributed by atoms with Crippen LogP contribution in [0.1, 0.15) is 40.5 Å². The van der Waals surface area contributed by atoms with E-state index in [0.717, 1.165) is 26.1 Å². The van der Waals surface area contributed by atoms with E-state index in [-0.39, 0.29) is 5.54 Å². The summed E-state index contributed by atoms with van der Waals surface area (Å²) >= 11 is 0. The van der Waals surface area contributed by atoms with Gasteiger partial charge in [-0.15, -0.1) is 0 Å². The predicted molar refractivity (Wildman–Crippen MR) is 68.5 cm³/mol. The average Bonchev–Trinajstić information content (AvgIpc) is 2.58. The van der Waals surface area contributed by atoms with Gasteiger partial charge in [0.15, 0.2) is 0 Å². The van der Waals surface area contributed by atoms with Gasteiger partial charge in [-0.25, -0.2) is 0 Å². The standard InChI is InChI=1S/C13H23N3/c1-6-11-12-10(14-9-15(12)5)7-8-16(11)13(2,3)4/h6-9H2,1-5H3. The van der Waals surface area contributed by atoms with Crippen LogP contribution in [0.2, 0.25) is 0 Å². The molecule has 0 aliphatic carbocycles. The lowest BCUT2D eigenvalue weighted by Gasteiger charge is -2.43. The van der Waals surface area contributed by atoms with Gasteiger partial charge in [-0.1, -0.05) is 6.92 Å². The van der Waals surface area contributed by atoms with Gasteiger partial charge in [-0.2, -0.15) is 0 Å². The molecule has 0 fully saturated rings. The van der Waals surface area contributed by atoms with Crippen molar-refractivity contribution in [1.29, 1.82) is 0 Å². The molecule has 0 spiro atoms. The Morgan fingerprint density at radius 2 is 2.00 bits per heavy atom. The maximum atomic E-state index is 4.61. The van der Waals surface area contributed by atoms with Crippen LogP contribution in [-0.2, 0) is 0 Å². The molecule has 3 heteroatoms. The first-order chi connectivity index (χ1) is 7.45. The van der Waals surface area contributed by atoms with Gasteiger partial charge in [-0.3, -0.25) is 4.99 Å². The van der Waals surface area contributed by atoms with Crippen molar-refractivity contribution >= 4 is 5.71 Å². The lowest BCUT2D eigenvalue weighted by Crippen LogP contribution is -2.46. The van der Waals surface area contributed by atoms with Crippen LogP contribution in [0.15, 0.2) is 16.4 Å². The summed E-state index contributed by atoms with van der Waals surface area (Å²) in [5, 5.41) is 0. The highest BCUT2D eigenvalue weighted by atomic mass is 15.3. The van der Waals surface area contributed by atoms with E-state index in [1.807, 2.05) is 0 Å². The van der Waals surface area contributed by atoms with Crippen molar-refractivity contribution < 1.29 is 0 Å². The molecule has 0 amide bonds. The van der Waals surface area contributed by atoms with E-state index in [9.17, 15) is 0 Å². The molecule has 2 aliphatic rings. The van der Waals surface area contributed by atoms with Crippen LogP contribution in [0.4, 0.5) is 0 Å². The fraction of sp³-hybridized carbons (Fsp3) is 0.769. The third-order valence-corrected chi connectivity index (χ3v) is 3.44. The molecule has 2 heterocycles. The molecule has 0 unspecified atom stereocenters. The van der Waals surface area contributed by atoms with E-state index < -0.39 is 0 Å². The summed E-state index contributed by atoms with van der Waals surface area (Å²) in [7, 11) is 2.15. The summed E-state index contributed by atoms with van der Waals surface area (Å²) < 4.78 is 0. The van der Waals surface area contributed by atoms with Gasteiger partial charge >= 0.3 is 0 Å². The second kappa shape index (κ2) is 3.79. The van der Waals surface area contributed by atoms with Crippen LogP contribution in [0.25, 0.3) is 0 Å². The largest absolute Gasteiger partial charge is 0.368 e. The van der Waals surface area contributed by atoms with Gasteiger partial charge in [0, 0.05) is 31.2 Å². The maximum absolute atomic E-state index is 4.61. The quantitative estimate of drug-likeness (QED) is 0.677. The number of fused-ring (bicyclic) bond motifs is 1. The SMILES string of the molecule is CCC1=C2C(=NCN2C)CCN1C(C)(C)C. The molecule has 0 bridgehead atoms. The lowest BCUT2D eigenvalue weighted by molar-refractivity contribution is 0.175. The predicted octanol–water partition coefficient (Wildman–Crippen LogP) is 2.46. The van der Waals surface area contributed by atoms with Crippen LogP contribution in [0.3, 0.4) is 0 Å². The minimum Gasteiger partial charge on any atom is -0.368 e. The Bertz CT molecular complexity index is 347. The lowest BCUT2D eigenvalue weighted by atomic mass is 9.96. The van der Waals surface area contributed by atoms with E-state index in [1.165, 1.54) is 17.1 Å². The third kappa shape index (κ3) is 1.72. The highest BCUT2D eigenvalue weighted by Gasteiger charge is 2.33. The Morgan fingerprint density at radius 3 is 2.56 bits per heavy atom. The molecule has 0 saturated carbocycles. The number of hydrogen-bond donors (Lipinski definition) is 0. The van der Waals surface area contributed by atoms with Crippen LogP contribution < -0.4 is 0 Å². The summed E-state index contributed by atoms with van der Waals surface area (Å²) in [5.41, 5.74) is 4.40. The zero-order valence-electron chi connectivity index (χ0n) is 11.2. The van der Waals surface area contributed by atoms with Crippen molar-refractivity contribution in [2.45, 2.75) is 46.1 Å². The van der Waals surface area contributed by atoms with E-state index in [2.05, 4.69) is 49.5 Å². The van der Waals surface area contributed by atoms with Gasteiger partial charge in [0.1, 0.15) is 6.67 Å². The van der Waals surface area contributed by atoms with Crippen molar-refractivity contribution in [2.75, 3.05) is 20.3 Å². The fourth-order valence-electron chi connectivity index (χ4n) is 2.72. The molecule has 0 saturated heterocycles. The molecule has 0 atom stereocenters. The van der Waals surface area contributed by atoms with E-state index in [1.54, 1.807) is 0 Å². The van der Waals surface area contributed by atoms with Crippen LogP contribution in [0.5, 0.6) is 0 Å². The first-order valence-electron chi connectivity index (χ1n) is 6.20. The summed E-state index contributed by atoms with van der Waals surface area (Å²) in [6, 6.07) is 0. The van der Waals surface area contributed by atoms with Crippen molar-refractivity contribution in [3.05, 3.63) is 11.4 Å². The van der Waals surface area contributed by atoms with E-state index in [4.69, 9.17) is 0 Å². The summed E-state index contributed by atoms with van der Waals surface area (Å²) in [4.78, 5) is 9.44. The first-order valence-corrected chi connectivity index (χ1v) is 6.20. The number of aliphatic imine (C=N–C) groups is 1. The Kier molecular flexibility index (Phi) is 2.72. The topological polar surface area (TPSA) is 18.8 Å². The Morgan fingerprint density at radius 1 is 1.31 bits per heavy atom. The second-order valence-electron chi connectivity index (χ2n) is 5.67. The number of hydrogen-bond acceptors (Lipinski definition) is 3. The zero-order chi connectivity index (χ0) is 11.9. The van der Waals surface area contributed by atoms with Gasteiger partial charge in [-0.05, 0) is 27.2 Å². The monoisotopic (exact) mass is 221 g/mol. The Labute approximate surface area is 98.8 Å². The molecule has 3 nitrogen and oxygen atoms in total. The van der Waals surface area contributed by atoms with E-state index >= 15 is 0 Å². The van der Waals surface area contributed by atoms with Crippen molar-refractivity contribution in [3.63, 3.8) is 0 Å². The Hall–Kier alpha value is -0.990. The first kappa shape index (κ1) is 11.5. The van der Waals surface area contributed by atoms with Gasteiger partial charge in [0.2, 0.25) is 0 Å². The van der Waals surface area contributed by atoms with Crippen LogP contribution in [-0.4, -0.2) is 41.3 Å². The number of allylic oxidation sites excluding steroid dienone is 2. The average molecular weight is 221 g/mol. The summed E-state index contributed by atoms with van der Waals surface area (Å²) in [6.45, 7) is 11.1. The zero-order valence-corrected chi connectivity index (χ0v) is 11.2. The summed E-state index contributed by atoms with van der Waals surface area (Å²) in [6.07, 6.45) is 2.19. The summed E-state index contributed by atoms with van der Waals surface area (Å²) in [5.74, 6) is 0. The third-order valence-electron chi connectivity index (χ3n) is 3.44. The van der Waals surface area contributed by atoms with Crippen molar-refractivity contribution in [2.24, 2.45) is 4.99 Å². The molecule has 0 N–H and O–H groups in total. The minimum absolute atomic E-state index is 0.216. The molecule has 16 heavy (non-hydrogen) atoms. The molecule has 0 aromatic rings. The van der Waals surface area contributed by atoms with Gasteiger partial charge < -0.3 is 9.80 Å². The highest BCUT2D eigenvalue weighted by Crippen LogP contribution is 2.32. The molecular weight excluding hydrogens is 198 g/mol. The van der Waals surface area contributed by atoms with Crippen LogP contribution in [0, 0.1) is 0 Å². The molecule has 0 aromatic carbocycles. The number of nitrogens with zero attached hydrogens (tertiary/aromatic N) is 3. The molecule has 2 rings (SSSR count). The normalized spacial score (nSPS) is 21.4. The fourth-order valence-corrected chi connectivity index (χ4v) is 2.72. The van der Waals surface area contributed by atoms with Gasteiger partial charge in [0.25, 0.3) is 0 Å². The maximum Gasteiger partial charge on any atom is 0.110 e. The Balaban J connectivity index is 2.43. The molecule has 90 valence electrons. The smallest absolute Gasteiger partial charge is 0.110 e. The van der Waals surface area contributed by atoms with E-state index in [0.29, 0.717) is 0 Å². The molecule has 0 aromatic heterocycles. The highest BCUT2D eigenvalue weighted by molar-refractivity contribution is 6.02. The second-order valence-corrected chi connectivity index (χ2v) is 5.67. The molecule has 0 radical (unpaired) electrons. The van der Waals surface area contributed by atoms with Crippen molar-refractivity contribution in [3.8, 4) is 0 Å².